The summed E-state index contributed by atoms with van der Waals surface area (Å²) >= 11 is 0. The standard InChI is InChI=1S/C6H13.C5H5.2ClH.Zr/c1-3-5-6-4-2;1-2-4-5-3-1;;;/h1,3-6H2,2H3;1-5H;2*1H;/q2*-1;;;+4/p-2. The monoisotopic (exact) mass is 310 g/mol. The maximum absolute atomic E-state index is 3.72. The van der Waals surface area contributed by atoms with Crippen LogP contribution in [0.2, 0.25) is 0 Å². The second kappa shape index (κ2) is 23.5. The molecule has 0 aliphatic carbocycles. The molecule has 14 heavy (non-hydrogen) atoms. The minimum atomic E-state index is 0. The molecule has 0 saturated heterocycles. The molecule has 80 valence electrons. The Kier molecular flexibility index (Phi) is 40.7. The van der Waals surface area contributed by atoms with Crippen molar-refractivity contribution in [2.24, 2.45) is 0 Å². The van der Waals surface area contributed by atoms with E-state index in [1.165, 1.54) is 19.3 Å². The zero-order valence-corrected chi connectivity index (χ0v) is 12.6. The van der Waals surface area contributed by atoms with Gasteiger partial charge in [0.1, 0.15) is 0 Å². The summed E-state index contributed by atoms with van der Waals surface area (Å²) in [6, 6.07) is 10.0. The third-order valence-electron chi connectivity index (χ3n) is 1.41. The average molecular weight is 312 g/mol. The molecule has 1 rings (SSSR count). The van der Waals surface area contributed by atoms with Crippen molar-refractivity contribution in [2.75, 3.05) is 0 Å². The molecular weight excluding hydrogens is 294 g/mol. The molecule has 3 heteroatoms. The van der Waals surface area contributed by atoms with Crippen molar-refractivity contribution >= 4 is 0 Å². The van der Waals surface area contributed by atoms with Crippen LogP contribution in [-0.4, -0.2) is 0 Å². The molecule has 1 aromatic carbocycles. The van der Waals surface area contributed by atoms with E-state index >= 15 is 0 Å². The van der Waals surface area contributed by atoms with Gasteiger partial charge < -0.3 is 31.7 Å². The number of halogens is 2. The normalized spacial score (nSPS) is 6.71. The number of unbranched alkanes of at least 4 members (excludes halogenated alkanes) is 3. The third kappa shape index (κ3) is 23.0. The van der Waals surface area contributed by atoms with Gasteiger partial charge in [0.15, 0.2) is 0 Å². The molecule has 0 saturated carbocycles. The van der Waals surface area contributed by atoms with Crippen LogP contribution in [0.25, 0.3) is 0 Å². The Morgan fingerprint density at radius 3 is 1.71 bits per heavy atom. The van der Waals surface area contributed by atoms with Gasteiger partial charge in [-0.25, -0.2) is 12.1 Å². The summed E-state index contributed by atoms with van der Waals surface area (Å²) in [7, 11) is 0. The minimum absolute atomic E-state index is 0. The molecule has 0 unspecified atom stereocenters. The molecule has 0 radical (unpaired) electrons. The first-order valence-electron chi connectivity index (χ1n) is 4.37. The van der Waals surface area contributed by atoms with E-state index in [2.05, 4.69) is 13.8 Å². The first kappa shape index (κ1) is 24.2. The second-order valence-corrected chi connectivity index (χ2v) is 2.52. The maximum Gasteiger partial charge on any atom is 4.00 e. The van der Waals surface area contributed by atoms with Crippen molar-refractivity contribution in [3.63, 3.8) is 0 Å². The first-order valence-corrected chi connectivity index (χ1v) is 4.37. The molecule has 0 atom stereocenters. The molecule has 0 nitrogen and oxygen atoms in total. The fourth-order valence-electron chi connectivity index (χ4n) is 0.748. The van der Waals surface area contributed by atoms with E-state index in [1.54, 1.807) is 0 Å². The summed E-state index contributed by atoms with van der Waals surface area (Å²) in [5.74, 6) is 0. The maximum atomic E-state index is 3.72. The molecule has 0 fully saturated rings. The molecule has 1 aromatic rings. The van der Waals surface area contributed by atoms with Gasteiger partial charge in [-0.1, -0.05) is 26.2 Å². The van der Waals surface area contributed by atoms with Crippen molar-refractivity contribution in [1.82, 2.24) is 0 Å². The van der Waals surface area contributed by atoms with E-state index in [0.717, 1.165) is 6.42 Å². The van der Waals surface area contributed by atoms with Crippen molar-refractivity contribution in [1.29, 1.82) is 0 Å². The molecule has 0 amide bonds. The Morgan fingerprint density at radius 2 is 1.57 bits per heavy atom. The van der Waals surface area contributed by atoms with Gasteiger partial charge >= 0.3 is 26.2 Å². The van der Waals surface area contributed by atoms with Crippen LogP contribution in [0.15, 0.2) is 30.3 Å². The van der Waals surface area contributed by atoms with Gasteiger partial charge in [-0.05, 0) is 0 Å². The second-order valence-electron chi connectivity index (χ2n) is 2.52. The van der Waals surface area contributed by atoms with Crippen molar-refractivity contribution < 1.29 is 51.0 Å². The van der Waals surface area contributed by atoms with E-state index in [9.17, 15) is 0 Å². The zero-order valence-electron chi connectivity index (χ0n) is 8.68. The topological polar surface area (TPSA) is 0 Å². The van der Waals surface area contributed by atoms with Gasteiger partial charge in [-0.2, -0.15) is 24.6 Å². The van der Waals surface area contributed by atoms with Gasteiger partial charge in [0.2, 0.25) is 0 Å². The summed E-state index contributed by atoms with van der Waals surface area (Å²) in [5.41, 5.74) is 0. The Balaban J connectivity index is -0.0000000590. The molecule has 0 heterocycles. The fourth-order valence-corrected chi connectivity index (χ4v) is 0.748. The van der Waals surface area contributed by atoms with Crippen LogP contribution in [0.3, 0.4) is 0 Å². The van der Waals surface area contributed by atoms with Gasteiger partial charge in [-0.3, -0.25) is 0 Å². The SMILES string of the molecule is [CH2-]CCCCC.[Cl-].[Cl-].[Zr+4].c1cc[cH-]c1. The molecule has 0 aromatic heterocycles. The van der Waals surface area contributed by atoms with Crippen LogP contribution >= 0.6 is 0 Å². The molecule has 0 spiro atoms. The van der Waals surface area contributed by atoms with E-state index < -0.39 is 0 Å². The van der Waals surface area contributed by atoms with E-state index in [1.807, 2.05) is 30.3 Å². The largest absolute Gasteiger partial charge is 4.00 e. The minimum Gasteiger partial charge on any atom is -1.00 e. The van der Waals surface area contributed by atoms with Crippen LogP contribution < -0.4 is 24.8 Å². The number of hydrogen-bond acceptors (Lipinski definition) is 0. The zero-order chi connectivity index (χ0) is 8.36. The van der Waals surface area contributed by atoms with Gasteiger partial charge in [0, 0.05) is 0 Å². The summed E-state index contributed by atoms with van der Waals surface area (Å²) in [6.07, 6.45) is 5.07. The van der Waals surface area contributed by atoms with E-state index in [-0.39, 0.29) is 51.0 Å². The molecular formula is C11H18Cl2Zr. The average Bonchev–Trinajstić information content (AvgIpc) is 2.57. The molecule has 0 bridgehead atoms. The van der Waals surface area contributed by atoms with E-state index in [0.29, 0.717) is 0 Å². The quantitative estimate of drug-likeness (QED) is 0.440. The van der Waals surface area contributed by atoms with Gasteiger partial charge in [0.25, 0.3) is 0 Å². The van der Waals surface area contributed by atoms with Crippen molar-refractivity contribution in [2.45, 2.75) is 32.6 Å². The summed E-state index contributed by atoms with van der Waals surface area (Å²) in [4.78, 5) is 0. The molecule has 0 N–H and O–H groups in total. The fraction of sp³-hybridized carbons (Fsp3) is 0.455. The number of hydrogen-bond donors (Lipinski definition) is 0. The first-order chi connectivity index (χ1) is 5.41. The Labute approximate surface area is 120 Å². The Morgan fingerprint density at radius 1 is 1.07 bits per heavy atom. The van der Waals surface area contributed by atoms with Crippen LogP contribution in [0.1, 0.15) is 32.6 Å². The van der Waals surface area contributed by atoms with Crippen LogP contribution in [-0.2, 0) is 26.2 Å². The van der Waals surface area contributed by atoms with Gasteiger partial charge in [-0.15, -0.1) is 0 Å². The number of rotatable bonds is 3. The molecule has 0 aliphatic heterocycles. The van der Waals surface area contributed by atoms with Crippen molar-refractivity contribution in [3.8, 4) is 0 Å². The van der Waals surface area contributed by atoms with Gasteiger partial charge in [0.05, 0.1) is 0 Å². The predicted molar refractivity (Wildman–Crippen MR) is 51.5 cm³/mol. The Hall–Kier alpha value is 0.813. The predicted octanol–water partition coefficient (Wildman–Crippen LogP) is -2.19. The van der Waals surface area contributed by atoms with Crippen LogP contribution in [0, 0.1) is 6.92 Å². The van der Waals surface area contributed by atoms with Crippen LogP contribution in [0.5, 0.6) is 0 Å². The molecule has 0 aliphatic rings. The Bertz CT molecular complexity index is 109. The summed E-state index contributed by atoms with van der Waals surface area (Å²) in [6.45, 7) is 5.93. The van der Waals surface area contributed by atoms with Crippen LogP contribution in [0.4, 0.5) is 0 Å². The van der Waals surface area contributed by atoms with Crippen molar-refractivity contribution in [3.05, 3.63) is 37.3 Å². The summed E-state index contributed by atoms with van der Waals surface area (Å²) in [5, 5.41) is 0. The smallest absolute Gasteiger partial charge is 1.00 e. The third-order valence-corrected chi connectivity index (χ3v) is 1.41. The summed E-state index contributed by atoms with van der Waals surface area (Å²) < 4.78 is 0. The van der Waals surface area contributed by atoms with E-state index in [4.69, 9.17) is 0 Å².